The summed E-state index contributed by atoms with van der Waals surface area (Å²) in [7, 11) is 1.73. The van der Waals surface area contributed by atoms with Gasteiger partial charge in [0.05, 0.1) is 24.2 Å². The molecule has 0 unspecified atom stereocenters. The molecule has 2 N–H and O–H groups in total. The quantitative estimate of drug-likeness (QED) is 0.481. The summed E-state index contributed by atoms with van der Waals surface area (Å²) in [6.07, 6.45) is 5.40. The predicted octanol–water partition coefficient (Wildman–Crippen LogP) is 4.32. The number of anilines is 2. The van der Waals surface area contributed by atoms with Crippen molar-refractivity contribution >= 4 is 11.5 Å². The predicted molar refractivity (Wildman–Crippen MR) is 113 cm³/mol. The first-order valence-electron chi connectivity index (χ1n) is 9.60. The highest BCUT2D eigenvalue weighted by Crippen LogP contribution is 2.43. The lowest BCUT2D eigenvalue weighted by Gasteiger charge is -2.09. The van der Waals surface area contributed by atoms with E-state index in [1.165, 1.54) is 11.4 Å². The topological polar surface area (TPSA) is 80.7 Å². The van der Waals surface area contributed by atoms with E-state index in [0.29, 0.717) is 6.61 Å². The average Bonchev–Trinajstić information content (AvgIpc) is 3.25. The molecule has 4 aromatic rings. The van der Waals surface area contributed by atoms with Gasteiger partial charge in [0.2, 0.25) is 0 Å². The Balaban J connectivity index is 1.70. The molecule has 7 heteroatoms. The van der Waals surface area contributed by atoms with Crippen LogP contribution < -0.4 is 5.32 Å². The molecule has 0 atom stereocenters. The first kappa shape index (κ1) is 17.6. The summed E-state index contributed by atoms with van der Waals surface area (Å²) in [4.78, 5) is 17.4. The smallest absolute Gasteiger partial charge is 0.140 e. The number of nitrogens with zero attached hydrogens (tertiary/aromatic N) is 4. The number of pyridine rings is 2. The second-order valence-corrected chi connectivity index (χ2v) is 7.18. The summed E-state index contributed by atoms with van der Waals surface area (Å²) in [5.41, 5.74) is 8.22. The van der Waals surface area contributed by atoms with E-state index >= 15 is 0 Å². The van der Waals surface area contributed by atoms with Crippen LogP contribution in [-0.4, -0.2) is 38.2 Å². The number of ether oxygens (including phenoxy) is 1. The molecular formula is C22H22N6O. The fourth-order valence-electron chi connectivity index (χ4n) is 3.99. The zero-order valence-corrected chi connectivity index (χ0v) is 16.7. The number of aromatic nitrogens is 5. The Hall–Kier alpha value is -3.45. The normalized spacial score (nSPS) is 12.0. The van der Waals surface area contributed by atoms with Gasteiger partial charge in [-0.15, -0.1) is 0 Å². The maximum absolute atomic E-state index is 5.26. The lowest BCUT2D eigenvalue weighted by atomic mass is 10.1. The molecule has 0 bridgehead atoms. The molecule has 146 valence electrons. The Morgan fingerprint density at radius 1 is 1.10 bits per heavy atom. The summed E-state index contributed by atoms with van der Waals surface area (Å²) >= 11 is 0. The van der Waals surface area contributed by atoms with Crippen molar-refractivity contribution in [2.45, 2.75) is 20.4 Å². The SMILES string of the molecule is COCCn1c(C)cc(-c2nc3c([nH]2)-c2ccncc2Nc2ncccc2-3)c1C. The van der Waals surface area contributed by atoms with Gasteiger partial charge in [-0.2, -0.15) is 0 Å². The summed E-state index contributed by atoms with van der Waals surface area (Å²) in [6, 6.07) is 8.15. The van der Waals surface area contributed by atoms with Gasteiger partial charge in [-0.3, -0.25) is 4.98 Å². The van der Waals surface area contributed by atoms with E-state index in [1.54, 1.807) is 19.5 Å². The highest BCUT2D eigenvalue weighted by Gasteiger charge is 2.25. The minimum atomic E-state index is 0.676. The van der Waals surface area contributed by atoms with Crippen LogP contribution in [-0.2, 0) is 11.3 Å². The van der Waals surface area contributed by atoms with E-state index in [9.17, 15) is 0 Å². The van der Waals surface area contributed by atoms with Gasteiger partial charge in [0, 0.05) is 54.1 Å². The number of imidazole rings is 1. The molecule has 1 aliphatic heterocycles. The van der Waals surface area contributed by atoms with Gasteiger partial charge in [0.1, 0.15) is 17.3 Å². The molecule has 5 rings (SSSR count). The van der Waals surface area contributed by atoms with Crippen LogP contribution in [0.5, 0.6) is 0 Å². The molecule has 0 fully saturated rings. The second-order valence-electron chi connectivity index (χ2n) is 7.18. The fourth-order valence-corrected chi connectivity index (χ4v) is 3.99. The van der Waals surface area contributed by atoms with Gasteiger partial charge < -0.3 is 19.6 Å². The molecule has 0 saturated heterocycles. The van der Waals surface area contributed by atoms with Gasteiger partial charge in [-0.05, 0) is 38.1 Å². The van der Waals surface area contributed by atoms with Crippen molar-refractivity contribution in [2.75, 3.05) is 19.0 Å². The van der Waals surface area contributed by atoms with Crippen molar-refractivity contribution < 1.29 is 4.74 Å². The molecule has 7 nitrogen and oxygen atoms in total. The van der Waals surface area contributed by atoms with Crippen LogP contribution >= 0.6 is 0 Å². The third-order valence-electron chi connectivity index (χ3n) is 5.46. The Kier molecular flexibility index (Phi) is 4.17. The van der Waals surface area contributed by atoms with Crippen molar-refractivity contribution in [3.63, 3.8) is 0 Å². The summed E-state index contributed by atoms with van der Waals surface area (Å²) < 4.78 is 7.53. The van der Waals surface area contributed by atoms with Crippen LogP contribution in [0, 0.1) is 13.8 Å². The standard InChI is InChI=1S/C22H22N6O/c1-13-11-17(14(2)28(13)9-10-29-3)22-26-19-15-6-8-23-12-18(15)25-21-16(20(19)27-22)5-4-7-24-21/h4-8,11-12H,9-10H2,1-3H3,(H,24,25)(H,26,27). The average molecular weight is 386 g/mol. The molecule has 4 aromatic heterocycles. The van der Waals surface area contributed by atoms with E-state index in [-0.39, 0.29) is 0 Å². The third kappa shape index (κ3) is 2.82. The van der Waals surface area contributed by atoms with Gasteiger partial charge in [-0.1, -0.05) is 0 Å². The third-order valence-corrected chi connectivity index (χ3v) is 5.46. The van der Waals surface area contributed by atoms with E-state index in [1.807, 2.05) is 24.4 Å². The summed E-state index contributed by atoms with van der Waals surface area (Å²) in [6.45, 7) is 5.74. The van der Waals surface area contributed by atoms with Crippen LogP contribution in [0.4, 0.5) is 11.5 Å². The van der Waals surface area contributed by atoms with E-state index in [2.05, 4.69) is 44.7 Å². The van der Waals surface area contributed by atoms with Gasteiger partial charge in [-0.25, -0.2) is 9.97 Å². The van der Waals surface area contributed by atoms with Crippen molar-refractivity contribution in [1.82, 2.24) is 24.5 Å². The van der Waals surface area contributed by atoms with Crippen LogP contribution in [0.15, 0.2) is 42.9 Å². The molecule has 0 aliphatic carbocycles. The molecule has 0 amide bonds. The van der Waals surface area contributed by atoms with Crippen molar-refractivity contribution in [3.05, 3.63) is 54.2 Å². The van der Waals surface area contributed by atoms with Gasteiger partial charge in [0.15, 0.2) is 0 Å². The van der Waals surface area contributed by atoms with Crippen molar-refractivity contribution in [3.8, 4) is 33.9 Å². The minimum absolute atomic E-state index is 0.676. The molecule has 0 spiro atoms. The Labute approximate surface area is 168 Å². The maximum Gasteiger partial charge on any atom is 0.140 e. The Bertz CT molecular complexity index is 1140. The monoisotopic (exact) mass is 386 g/mol. The van der Waals surface area contributed by atoms with Crippen LogP contribution in [0.2, 0.25) is 0 Å². The Morgan fingerprint density at radius 2 is 2.00 bits per heavy atom. The number of methoxy groups -OCH3 is 1. The first-order chi connectivity index (χ1) is 14.2. The molecular weight excluding hydrogens is 364 g/mol. The first-order valence-corrected chi connectivity index (χ1v) is 9.60. The zero-order valence-electron chi connectivity index (χ0n) is 16.7. The highest BCUT2D eigenvalue weighted by atomic mass is 16.5. The number of aromatic amines is 1. The number of aryl methyl sites for hydroxylation is 1. The largest absolute Gasteiger partial charge is 0.383 e. The second kappa shape index (κ2) is 6.86. The number of hydrogen-bond donors (Lipinski definition) is 2. The van der Waals surface area contributed by atoms with Crippen LogP contribution in [0.25, 0.3) is 33.9 Å². The van der Waals surface area contributed by atoms with E-state index < -0.39 is 0 Å². The minimum Gasteiger partial charge on any atom is -0.383 e. The fraction of sp³-hybridized carbons (Fsp3) is 0.227. The summed E-state index contributed by atoms with van der Waals surface area (Å²) in [5, 5.41) is 3.39. The molecule has 1 aliphatic rings. The lowest BCUT2D eigenvalue weighted by Crippen LogP contribution is -2.07. The Morgan fingerprint density at radius 3 is 2.86 bits per heavy atom. The van der Waals surface area contributed by atoms with E-state index in [0.717, 1.165) is 52.0 Å². The van der Waals surface area contributed by atoms with Crippen LogP contribution in [0.3, 0.4) is 0 Å². The van der Waals surface area contributed by atoms with E-state index in [4.69, 9.17) is 9.72 Å². The number of hydrogen-bond acceptors (Lipinski definition) is 5. The summed E-state index contributed by atoms with van der Waals surface area (Å²) in [5.74, 6) is 1.63. The van der Waals surface area contributed by atoms with Crippen molar-refractivity contribution in [1.29, 1.82) is 0 Å². The highest BCUT2D eigenvalue weighted by molar-refractivity contribution is 5.95. The van der Waals surface area contributed by atoms with Crippen LogP contribution in [0.1, 0.15) is 11.4 Å². The lowest BCUT2D eigenvalue weighted by molar-refractivity contribution is 0.186. The van der Waals surface area contributed by atoms with Gasteiger partial charge in [0.25, 0.3) is 0 Å². The number of rotatable bonds is 4. The zero-order chi connectivity index (χ0) is 20.0. The van der Waals surface area contributed by atoms with Gasteiger partial charge >= 0.3 is 0 Å². The van der Waals surface area contributed by atoms with Crippen molar-refractivity contribution in [2.24, 2.45) is 0 Å². The maximum atomic E-state index is 5.26. The molecule has 29 heavy (non-hydrogen) atoms. The molecule has 0 radical (unpaired) electrons. The number of fused-ring (bicyclic) bond motifs is 5. The number of H-pyrrole nitrogens is 1. The molecule has 0 aromatic carbocycles. The molecule has 5 heterocycles. The number of nitrogens with one attached hydrogen (secondary N) is 2. The molecule has 0 saturated carbocycles.